The first-order valence-electron chi connectivity index (χ1n) is 6.25. The van der Waals surface area contributed by atoms with Crippen molar-refractivity contribution in [2.75, 3.05) is 5.73 Å². The van der Waals surface area contributed by atoms with Gasteiger partial charge in [-0.25, -0.2) is 9.97 Å². The van der Waals surface area contributed by atoms with Crippen LogP contribution in [0.1, 0.15) is 11.1 Å². The Kier molecular flexibility index (Phi) is 2.67. The predicted molar refractivity (Wildman–Crippen MR) is 78.9 cm³/mol. The molecule has 0 unspecified atom stereocenters. The Labute approximate surface area is 112 Å². The molecule has 0 saturated heterocycles. The second-order valence-electron chi connectivity index (χ2n) is 4.77. The van der Waals surface area contributed by atoms with Gasteiger partial charge in [-0.3, -0.25) is 0 Å². The lowest BCUT2D eigenvalue weighted by Gasteiger charge is -2.07. The first-order valence-corrected chi connectivity index (χ1v) is 6.25. The van der Waals surface area contributed by atoms with E-state index in [9.17, 15) is 0 Å². The van der Waals surface area contributed by atoms with Gasteiger partial charge in [0.2, 0.25) is 0 Å². The number of nitrogens with zero attached hydrogens (tertiary/aromatic N) is 2. The van der Waals surface area contributed by atoms with E-state index in [-0.39, 0.29) is 0 Å². The van der Waals surface area contributed by atoms with Gasteiger partial charge in [-0.1, -0.05) is 42.0 Å². The molecular formula is C16H15N3. The highest BCUT2D eigenvalue weighted by Gasteiger charge is 2.08. The normalized spacial score (nSPS) is 10.8. The van der Waals surface area contributed by atoms with E-state index in [1.807, 2.05) is 37.3 Å². The maximum Gasteiger partial charge on any atom is 0.162 e. The summed E-state index contributed by atoms with van der Waals surface area (Å²) < 4.78 is 0. The van der Waals surface area contributed by atoms with Gasteiger partial charge < -0.3 is 5.73 Å². The summed E-state index contributed by atoms with van der Waals surface area (Å²) >= 11 is 0. The molecule has 94 valence electrons. The molecule has 3 heteroatoms. The van der Waals surface area contributed by atoms with Gasteiger partial charge in [0.1, 0.15) is 5.82 Å². The molecule has 0 aliphatic rings. The van der Waals surface area contributed by atoms with E-state index in [0.29, 0.717) is 11.6 Å². The van der Waals surface area contributed by atoms with Crippen LogP contribution in [0.4, 0.5) is 5.82 Å². The highest BCUT2D eigenvalue weighted by molar-refractivity contribution is 5.91. The summed E-state index contributed by atoms with van der Waals surface area (Å²) in [5.74, 6) is 1.21. The molecule has 0 aliphatic heterocycles. The summed E-state index contributed by atoms with van der Waals surface area (Å²) in [6.45, 7) is 4.09. The van der Waals surface area contributed by atoms with Gasteiger partial charge in [0.15, 0.2) is 5.82 Å². The molecule has 0 saturated carbocycles. The third-order valence-corrected chi connectivity index (χ3v) is 3.27. The molecule has 3 rings (SSSR count). The van der Waals surface area contributed by atoms with E-state index in [1.165, 1.54) is 5.56 Å². The van der Waals surface area contributed by atoms with Crippen LogP contribution >= 0.6 is 0 Å². The molecule has 3 nitrogen and oxygen atoms in total. The Morgan fingerprint density at radius 1 is 0.895 bits per heavy atom. The zero-order valence-electron chi connectivity index (χ0n) is 11.0. The highest BCUT2D eigenvalue weighted by Crippen LogP contribution is 2.25. The fraction of sp³-hybridized carbons (Fsp3) is 0.125. The number of anilines is 1. The average Bonchev–Trinajstić information content (AvgIpc) is 2.41. The van der Waals surface area contributed by atoms with Crippen molar-refractivity contribution in [1.82, 2.24) is 9.97 Å². The fourth-order valence-electron chi connectivity index (χ4n) is 2.15. The molecule has 19 heavy (non-hydrogen) atoms. The summed E-state index contributed by atoms with van der Waals surface area (Å²) in [4.78, 5) is 9.05. The smallest absolute Gasteiger partial charge is 0.162 e. The van der Waals surface area contributed by atoms with Crippen LogP contribution in [0.3, 0.4) is 0 Å². The molecule has 1 heterocycles. The minimum absolute atomic E-state index is 0.532. The molecule has 2 aromatic carbocycles. The summed E-state index contributed by atoms with van der Waals surface area (Å²) in [5, 5.41) is 0.913. The monoisotopic (exact) mass is 249 g/mol. The van der Waals surface area contributed by atoms with Crippen molar-refractivity contribution >= 4 is 16.7 Å². The number of benzene rings is 2. The first-order chi connectivity index (χ1) is 9.15. The largest absolute Gasteiger partial charge is 0.383 e. The van der Waals surface area contributed by atoms with Crippen molar-refractivity contribution in [1.29, 1.82) is 0 Å². The molecule has 0 radical (unpaired) electrons. The number of hydrogen-bond donors (Lipinski definition) is 1. The van der Waals surface area contributed by atoms with Crippen molar-refractivity contribution in [3.05, 3.63) is 53.6 Å². The molecule has 2 N–H and O–H groups in total. The average molecular weight is 249 g/mol. The van der Waals surface area contributed by atoms with Crippen LogP contribution in [-0.2, 0) is 0 Å². The molecule has 3 aromatic rings. The third-order valence-electron chi connectivity index (χ3n) is 3.27. The second-order valence-corrected chi connectivity index (χ2v) is 4.77. The van der Waals surface area contributed by atoms with Gasteiger partial charge in [0.05, 0.1) is 5.52 Å². The molecule has 0 amide bonds. The van der Waals surface area contributed by atoms with Crippen LogP contribution in [0.25, 0.3) is 22.3 Å². The topological polar surface area (TPSA) is 51.8 Å². The van der Waals surface area contributed by atoms with Crippen LogP contribution in [0.15, 0.2) is 42.5 Å². The summed E-state index contributed by atoms with van der Waals surface area (Å²) in [5.41, 5.74) is 10.3. The Morgan fingerprint density at radius 3 is 2.37 bits per heavy atom. The summed E-state index contributed by atoms with van der Waals surface area (Å²) in [6, 6.07) is 14.1. The van der Waals surface area contributed by atoms with Gasteiger partial charge in [-0.15, -0.1) is 0 Å². The second kappa shape index (κ2) is 4.35. The molecule has 0 atom stereocenters. The molecule has 0 bridgehead atoms. The lowest BCUT2D eigenvalue weighted by atomic mass is 10.1. The van der Waals surface area contributed by atoms with Crippen molar-refractivity contribution < 1.29 is 0 Å². The van der Waals surface area contributed by atoms with Crippen LogP contribution < -0.4 is 5.73 Å². The standard InChI is InChI=1S/C16H15N3/c1-10-6-8-12(9-7-10)16-18-14-11(2)4-3-5-13(14)15(17)19-16/h3-9H,1-2H3,(H2,17,18,19). The van der Waals surface area contributed by atoms with E-state index in [2.05, 4.69) is 29.0 Å². The van der Waals surface area contributed by atoms with Crippen LogP contribution in [0.5, 0.6) is 0 Å². The predicted octanol–water partition coefficient (Wildman–Crippen LogP) is 3.50. The van der Waals surface area contributed by atoms with Gasteiger partial charge in [-0.05, 0) is 25.5 Å². The van der Waals surface area contributed by atoms with Crippen LogP contribution in [0, 0.1) is 13.8 Å². The minimum Gasteiger partial charge on any atom is -0.383 e. The molecule has 0 aliphatic carbocycles. The van der Waals surface area contributed by atoms with Crippen molar-refractivity contribution in [3.63, 3.8) is 0 Å². The maximum atomic E-state index is 6.04. The van der Waals surface area contributed by atoms with Crippen LogP contribution in [0.2, 0.25) is 0 Å². The van der Waals surface area contributed by atoms with E-state index >= 15 is 0 Å². The van der Waals surface area contributed by atoms with E-state index in [4.69, 9.17) is 5.73 Å². The fourth-order valence-corrected chi connectivity index (χ4v) is 2.15. The molecule has 0 fully saturated rings. The lowest BCUT2D eigenvalue weighted by molar-refractivity contribution is 1.22. The molecular weight excluding hydrogens is 234 g/mol. The SMILES string of the molecule is Cc1ccc(-c2nc(N)c3cccc(C)c3n2)cc1. The summed E-state index contributed by atoms with van der Waals surface area (Å²) in [7, 11) is 0. The maximum absolute atomic E-state index is 6.04. The number of nitrogens with two attached hydrogens (primary N) is 1. The third kappa shape index (κ3) is 2.03. The van der Waals surface area contributed by atoms with Crippen molar-refractivity contribution in [2.24, 2.45) is 0 Å². The minimum atomic E-state index is 0.532. The summed E-state index contributed by atoms with van der Waals surface area (Å²) in [6.07, 6.45) is 0. The van der Waals surface area contributed by atoms with Crippen molar-refractivity contribution in [3.8, 4) is 11.4 Å². The van der Waals surface area contributed by atoms with E-state index in [0.717, 1.165) is 22.0 Å². The quantitative estimate of drug-likeness (QED) is 0.718. The number of para-hydroxylation sites is 1. The Bertz CT molecular complexity index is 746. The zero-order chi connectivity index (χ0) is 13.4. The Morgan fingerprint density at radius 2 is 1.63 bits per heavy atom. The Hall–Kier alpha value is -2.42. The van der Waals surface area contributed by atoms with Gasteiger partial charge >= 0.3 is 0 Å². The number of nitrogen functional groups attached to an aromatic ring is 1. The van der Waals surface area contributed by atoms with E-state index < -0.39 is 0 Å². The van der Waals surface area contributed by atoms with Crippen LogP contribution in [-0.4, -0.2) is 9.97 Å². The van der Waals surface area contributed by atoms with E-state index in [1.54, 1.807) is 0 Å². The molecule has 1 aromatic heterocycles. The van der Waals surface area contributed by atoms with Gasteiger partial charge in [0, 0.05) is 10.9 Å². The van der Waals surface area contributed by atoms with Gasteiger partial charge in [-0.2, -0.15) is 0 Å². The number of aromatic nitrogens is 2. The Balaban J connectivity index is 2.25. The zero-order valence-corrected chi connectivity index (χ0v) is 11.0. The molecule has 0 spiro atoms. The van der Waals surface area contributed by atoms with Gasteiger partial charge in [0.25, 0.3) is 0 Å². The van der Waals surface area contributed by atoms with Crippen molar-refractivity contribution in [2.45, 2.75) is 13.8 Å². The first kappa shape index (κ1) is 11.7. The number of fused-ring (bicyclic) bond motifs is 1. The number of hydrogen-bond acceptors (Lipinski definition) is 3. The number of rotatable bonds is 1. The number of aryl methyl sites for hydroxylation is 2. The highest BCUT2D eigenvalue weighted by atomic mass is 14.9. The lowest BCUT2D eigenvalue weighted by Crippen LogP contribution is -1.98.